The first-order chi connectivity index (χ1) is 15.7. The average molecular weight is 459 g/mol. The van der Waals surface area contributed by atoms with Crippen LogP contribution in [0, 0.1) is 0 Å². The number of hydrogen-bond donors (Lipinski definition) is 2. The summed E-state index contributed by atoms with van der Waals surface area (Å²) in [5, 5.41) is 4.34. The molecule has 0 unspecified atom stereocenters. The Morgan fingerprint density at radius 2 is 2.03 bits per heavy atom. The lowest BCUT2D eigenvalue weighted by Gasteiger charge is -2.43. The van der Waals surface area contributed by atoms with Crippen LogP contribution in [-0.2, 0) is 20.7 Å². The molecule has 0 bridgehead atoms. The van der Waals surface area contributed by atoms with E-state index in [-0.39, 0.29) is 5.91 Å². The number of fused-ring (bicyclic) bond motifs is 1. The van der Waals surface area contributed by atoms with Crippen molar-refractivity contribution in [2.24, 2.45) is 0 Å². The number of nitrogens with zero attached hydrogens (tertiary/aromatic N) is 2. The van der Waals surface area contributed by atoms with Crippen molar-refractivity contribution in [2.45, 2.75) is 31.2 Å². The molecule has 32 heavy (non-hydrogen) atoms. The molecule has 2 aliphatic rings. The van der Waals surface area contributed by atoms with Gasteiger partial charge in [-0.1, -0.05) is 18.2 Å². The number of thioether (sulfide) groups is 1. The van der Waals surface area contributed by atoms with Crippen molar-refractivity contribution in [3.05, 3.63) is 36.0 Å². The summed E-state index contributed by atoms with van der Waals surface area (Å²) in [4.78, 5) is 33.0. The van der Waals surface area contributed by atoms with E-state index in [0.717, 1.165) is 69.1 Å². The van der Waals surface area contributed by atoms with Crippen LogP contribution in [0.15, 0.2) is 30.5 Å². The van der Waals surface area contributed by atoms with Crippen LogP contribution in [-0.4, -0.2) is 90.1 Å². The number of carbonyl (C=O) groups is 2. The van der Waals surface area contributed by atoms with Crippen LogP contribution >= 0.6 is 11.8 Å². The summed E-state index contributed by atoms with van der Waals surface area (Å²) in [6.45, 7) is 5.64. The minimum Gasteiger partial charge on any atom is -0.379 e. The molecule has 7 nitrogen and oxygen atoms in total. The Hall–Kier alpha value is -2.03. The van der Waals surface area contributed by atoms with E-state index in [1.54, 1.807) is 4.90 Å². The van der Waals surface area contributed by atoms with Gasteiger partial charge in [-0.15, -0.1) is 0 Å². The fraction of sp³-hybridized carbons (Fsp3) is 0.583. The summed E-state index contributed by atoms with van der Waals surface area (Å²) in [5.41, 5.74) is 1.54. The molecular formula is C24H34N4O3S. The minimum absolute atomic E-state index is 0.00537. The Morgan fingerprint density at radius 3 is 2.81 bits per heavy atom. The van der Waals surface area contributed by atoms with Gasteiger partial charge in [-0.3, -0.25) is 14.5 Å². The quantitative estimate of drug-likeness (QED) is 0.422. The van der Waals surface area contributed by atoms with Crippen molar-refractivity contribution >= 4 is 35.0 Å². The number of benzene rings is 1. The summed E-state index contributed by atoms with van der Waals surface area (Å²) in [6.07, 6.45) is 5.95. The molecule has 3 heterocycles. The number of hydrogen-bond acceptors (Lipinski definition) is 5. The number of carbonyl (C=O) groups excluding carboxylic acids is 2. The molecule has 1 aromatic heterocycles. The van der Waals surface area contributed by atoms with Gasteiger partial charge in [0.1, 0.15) is 5.54 Å². The predicted octanol–water partition coefficient (Wildman–Crippen LogP) is 2.27. The maximum Gasteiger partial charge on any atom is 0.246 e. The van der Waals surface area contributed by atoms with Gasteiger partial charge >= 0.3 is 0 Å². The third-order valence-electron chi connectivity index (χ3n) is 6.76. The average Bonchev–Trinajstić information content (AvgIpc) is 3.26. The van der Waals surface area contributed by atoms with Crippen molar-refractivity contribution in [3.8, 4) is 0 Å². The number of rotatable bonds is 10. The zero-order valence-electron chi connectivity index (χ0n) is 18.7. The number of morpholine rings is 1. The van der Waals surface area contributed by atoms with E-state index in [1.807, 2.05) is 30.1 Å². The lowest BCUT2D eigenvalue weighted by atomic mass is 9.88. The van der Waals surface area contributed by atoms with Crippen LogP contribution in [0.5, 0.6) is 0 Å². The van der Waals surface area contributed by atoms with Gasteiger partial charge in [0.25, 0.3) is 0 Å². The molecule has 0 radical (unpaired) electrons. The minimum atomic E-state index is -0.738. The smallest absolute Gasteiger partial charge is 0.246 e. The molecule has 2 amide bonds. The van der Waals surface area contributed by atoms with E-state index < -0.39 is 5.54 Å². The third-order valence-corrected chi connectivity index (χ3v) is 7.74. The van der Waals surface area contributed by atoms with Crippen LogP contribution in [0.25, 0.3) is 10.9 Å². The highest BCUT2D eigenvalue weighted by atomic mass is 32.2. The molecule has 2 saturated heterocycles. The largest absolute Gasteiger partial charge is 0.379 e. The van der Waals surface area contributed by atoms with Crippen LogP contribution in [0.3, 0.4) is 0 Å². The topological polar surface area (TPSA) is 77.7 Å². The van der Waals surface area contributed by atoms with Gasteiger partial charge in [0.05, 0.1) is 13.2 Å². The van der Waals surface area contributed by atoms with Gasteiger partial charge in [-0.05, 0) is 55.4 Å². The van der Waals surface area contributed by atoms with Crippen LogP contribution in [0.2, 0.25) is 0 Å². The zero-order chi connectivity index (χ0) is 22.2. The first-order valence-electron chi connectivity index (χ1n) is 11.7. The first kappa shape index (κ1) is 23.1. The summed E-state index contributed by atoms with van der Waals surface area (Å²) in [5.74, 6) is 1.81. The highest BCUT2D eigenvalue weighted by molar-refractivity contribution is 7.99. The summed E-state index contributed by atoms with van der Waals surface area (Å²) in [7, 11) is 0. The number of nitrogens with one attached hydrogen (secondary N) is 2. The molecule has 0 aliphatic carbocycles. The molecule has 2 aromatic rings. The van der Waals surface area contributed by atoms with E-state index in [4.69, 9.17) is 4.74 Å². The van der Waals surface area contributed by atoms with Crippen LogP contribution < -0.4 is 5.32 Å². The number of aromatic amines is 1. The number of ether oxygens (including phenoxy) is 1. The molecule has 2 fully saturated rings. The van der Waals surface area contributed by atoms with E-state index in [2.05, 4.69) is 27.3 Å². The Bertz CT molecular complexity index is 890. The lowest BCUT2D eigenvalue weighted by Crippen LogP contribution is -2.60. The molecule has 0 atom stereocenters. The van der Waals surface area contributed by atoms with Crippen LogP contribution in [0.4, 0.5) is 0 Å². The van der Waals surface area contributed by atoms with Crippen molar-refractivity contribution in [1.29, 1.82) is 0 Å². The highest BCUT2D eigenvalue weighted by Gasteiger charge is 2.44. The summed E-state index contributed by atoms with van der Waals surface area (Å²) < 4.78 is 5.39. The molecule has 8 heteroatoms. The van der Waals surface area contributed by atoms with Crippen molar-refractivity contribution < 1.29 is 14.3 Å². The van der Waals surface area contributed by atoms with E-state index in [0.29, 0.717) is 25.9 Å². The van der Waals surface area contributed by atoms with Crippen molar-refractivity contribution in [2.75, 3.05) is 57.4 Å². The second-order valence-electron chi connectivity index (χ2n) is 8.62. The molecule has 2 aliphatic heterocycles. The monoisotopic (exact) mass is 458 g/mol. The predicted molar refractivity (Wildman–Crippen MR) is 129 cm³/mol. The number of H-pyrrole nitrogens is 1. The molecule has 4 rings (SSSR count). The Labute approximate surface area is 194 Å². The normalized spacial score (nSPS) is 19.0. The van der Waals surface area contributed by atoms with Gasteiger partial charge in [0.15, 0.2) is 0 Å². The third kappa shape index (κ3) is 5.30. The fourth-order valence-electron chi connectivity index (χ4n) is 4.79. The summed E-state index contributed by atoms with van der Waals surface area (Å²) >= 11 is 1.86. The van der Waals surface area contributed by atoms with Crippen LogP contribution in [0.1, 0.15) is 24.8 Å². The maximum absolute atomic E-state index is 13.4. The Kier molecular flexibility index (Phi) is 8.10. The maximum atomic E-state index is 13.4. The second-order valence-corrected chi connectivity index (χ2v) is 9.84. The van der Waals surface area contributed by atoms with Crippen molar-refractivity contribution in [3.63, 3.8) is 0 Å². The van der Waals surface area contributed by atoms with Gasteiger partial charge < -0.3 is 19.9 Å². The van der Waals surface area contributed by atoms with Gasteiger partial charge in [-0.25, -0.2) is 0 Å². The Balaban J connectivity index is 1.37. The molecule has 0 spiro atoms. The van der Waals surface area contributed by atoms with Gasteiger partial charge in [-0.2, -0.15) is 11.8 Å². The molecular weight excluding hydrogens is 424 g/mol. The first-order valence-corrected chi connectivity index (χ1v) is 12.8. The van der Waals surface area contributed by atoms with E-state index in [9.17, 15) is 9.59 Å². The SMILES string of the molecule is O=CN(CCc1c[nH]c2ccccc12)C1(C(=O)NCCCN2CCOCC2)CCSCC1. The van der Waals surface area contributed by atoms with Gasteiger partial charge in [0.2, 0.25) is 12.3 Å². The van der Waals surface area contributed by atoms with E-state index >= 15 is 0 Å². The standard InChI is InChI=1S/C24H34N4O3S/c29-19-28(11-6-20-18-26-22-5-2-1-4-21(20)22)24(7-16-32-17-8-24)23(30)25-9-3-10-27-12-14-31-15-13-27/h1-2,4-5,18-19,26H,3,6-17H2,(H,25,30). The molecule has 174 valence electrons. The zero-order valence-corrected chi connectivity index (χ0v) is 19.5. The Morgan fingerprint density at radius 1 is 1.25 bits per heavy atom. The van der Waals surface area contributed by atoms with Crippen molar-refractivity contribution in [1.82, 2.24) is 20.1 Å². The van der Waals surface area contributed by atoms with E-state index in [1.165, 1.54) is 10.9 Å². The number of aromatic nitrogens is 1. The molecule has 2 N–H and O–H groups in total. The highest BCUT2D eigenvalue weighted by Crippen LogP contribution is 2.33. The number of para-hydroxylation sites is 1. The van der Waals surface area contributed by atoms with Gasteiger partial charge in [0, 0.05) is 43.3 Å². The lowest BCUT2D eigenvalue weighted by molar-refractivity contribution is -0.141. The molecule has 1 aromatic carbocycles. The fourth-order valence-corrected chi connectivity index (χ4v) is 5.96. The molecule has 0 saturated carbocycles. The number of amides is 2. The summed E-state index contributed by atoms with van der Waals surface area (Å²) in [6, 6.07) is 8.20. The second kappa shape index (κ2) is 11.2.